The van der Waals surface area contributed by atoms with Gasteiger partial charge in [0.05, 0.1) is 16.8 Å². The van der Waals surface area contributed by atoms with Crippen molar-refractivity contribution in [2.45, 2.75) is 0 Å². The number of halogens is 1. The van der Waals surface area contributed by atoms with Gasteiger partial charge in [0.2, 0.25) is 0 Å². The van der Waals surface area contributed by atoms with Crippen LogP contribution >= 0.6 is 11.8 Å². The number of amidine groups is 1. The maximum atomic E-state index is 13.1. The fourth-order valence-corrected chi connectivity index (χ4v) is 2.61. The fraction of sp³-hybridized carbons (Fsp3) is 0. The van der Waals surface area contributed by atoms with E-state index in [2.05, 4.69) is 15.3 Å². The van der Waals surface area contributed by atoms with Gasteiger partial charge >= 0.3 is 0 Å². The predicted octanol–water partition coefficient (Wildman–Crippen LogP) is 3.11. The Kier molecular flexibility index (Phi) is 3.79. The Bertz CT molecular complexity index is 744. The molecule has 1 aromatic heterocycles. The zero-order valence-electron chi connectivity index (χ0n) is 10.8. The van der Waals surface area contributed by atoms with Gasteiger partial charge in [0.1, 0.15) is 5.82 Å². The van der Waals surface area contributed by atoms with Crippen LogP contribution in [0.25, 0.3) is 6.08 Å². The highest BCUT2D eigenvalue weighted by atomic mass is 32.2. The number of aromatic nitrogens is 1. The molecule has 1 N–H and O–H groups in total. The van der Waals surface area contributed by atoms with Crippen LogP contribution in [-0.2, 0) is 4.79 Å². The normalized spacial score (nSPS) is 18.2. The number of thioether (sulfide) groups is 1. The van der Waals surface area contributed by atoms with Gasteiger partial charge in [-0.3, -0.25) is 9.78 Å². The van der Waals surface area contributed by atoms with Crippen LogP contribution in [0.15, 0.2) is 58.7 Å². The zero-order valence-corrected chi connectivity index (χ0v) is 11.6. The number of amides is 1. The van der Waals surface area contributed by atoms with E-state index in [-0.39, 0.29) is 11.7 Å². The Hall–Kier alpha value is -2.47. The van der Waals surface area contributed by atoms with E-state index in [1.165, 1.54) is 23.9 Å². The first kappa shape index (κ1) is 13.5. The monoisotopic (exact) mass is 299 g/mol. The number of benzene rings is 1. The van der Waals surface area contributed by atoms with Crippen molar-refractivity contribution < 1.29 is 9.18 Å². The number of carbonyl (C=O) groups excluding carboxylic acids is 1. The second-order valence-corrected chi connectivity index (χ2v) is 5.28. The highest BCUT2D eigenvalue weighted by Crippen LogP contribution is 2.27. The first-order valence-electron chi connectivity index (χ1n) is 6.16. The molecule has 2 aromatic rings. The quantitative estimate of drug-likeness (QED) is 0.867. The molecule has 1 amide bonds. The Morgan fingerprint density at radius 1 is 1.29 bits per heavy atom. The molecule has 0 atom stereocenters. The van der Waals surface area contributed by atoms with Crippen LogP contribution in [0.5, 0.6) is 0 Å². The van der Waals surface area contributed by atoms with Gasteiger partial charge in [-0.15, -0.1) is 0 Å². The summed E-state index contributed by atoms with van der Waals surface area (Å²) in [4.78, 5) is 20.6. The highest BCUT2D eigenvalue weighted by Gasteiger charge is 2.23. The molecule has 6 heteroatoms. The lowest BCUT2D eigenvalue weighted by Gasteiger charge is -1.95. The number of hydrogen-bond donors (Lipinski definition) is 1. The summed E-state index contributed by atoms with van der Waals surface area (Å²) in [5.74, 6) is -0.580. The number of aliphatic imine (C=N–C) groups is 1. The van der Waals surface area contributed by atoms with Crippen molar-refractivity contribution in [2.75, 3.05) is 0 Å². The molecule has 0 spiro atoms. The SMILES string of the molecule is O=C1NC(=Nc2cccnc2)S/C1=C/c1cccc(F)c1. The first-order valence-corrected chi connectivity index (χ1v) is 6.97. The average molecular weight is 299 g/mol. The molecule has 1 aliphatic heterocycles. The van der Waals surface area contributed by atoms with Crippen LogP contribution in [0.2, 0.25) is 0 Å². The van der Waals surface area contributed by atoms with E-state index in [0.717, 1.165) is 0 Å². The molecule has 0 saturated carbocycles. The Labute approximate surface area is 124 Å². The number of hydrogen-bond acceptors (Lipinski definition) is 4. The molecule has 0 unspecified atom stereocenters. The summed E-state index contributed by atoms with van der Waals surface area (Å²) in [5, 5.41) is 3.15. The third kappa shape index (κ3) is 3.35. The van der Waals surface area contributed by atoms with Crippen molar-refractivity contribution in [3.63, 3.8) is 0 Å². The van der Waals surface area contributed by atoms with E-state index in [9.17, 15) is 9.18 Å². The van der Waals surface area contributed by atoms with E-state index in [0.29, 0.717) is 21.3 Å². The molecular weight excluding hydrogens is 289 g/mol. The first-order chi connectivity index (χ1) is 10.2. The summed E-state index contributed by atoms with van der Waals surface area (Å²) in [7, 11) is 0. The maximum Gasteiger partial charge on any atom is 0.264 e. The molecule has 104 valence electrons. The van der Waals surface area contributed by atoms with Gasteiger partial charge in [0.15, 0.2) is 5.17 Å². The van der Waals surface area contributed by atoms with Gasteiger partial charge < -0.3 is 5.32 Å². The molecule has 21 heavy (non-hydrogen) atoms. The Balaban J connectivity index is 1.84. The summed E-state index contributed by atoms with van der Waals surface area (Å²) < 4.78 is 13.1. The van der Waals surface area contributed by atoms with Crippen LogP contribution in [0, 0.1) is 5.82 Å². The van der Waals surface area contributed by atoms with Crippen molar-refractivity contribution in [2.24, 2.45) is 4.99 Å². The van der Waals surface area contributed by atoms with Gasteiger partial charge in [-0.05, 0) is 47.7 Å². The number of pyridine rings is 1. The molecule has 1 fully saturated rings. The van der Waals surface area contributed by atoms with Crippen molar-refractivity contribution in [1.82, 2.24) is 10.3 Å². The van der Waals surface area contributed by atoms with Crippen molar-refractivity contribution in [1.29, 1.82) is 0 Å². The summed E-state index contributed by atoms with van der Waals surface area (Å²) >= 11 is 1.21. The molecule has 2 heterocycles. The van der Waals surface area contributed by atoms with Crippen molar-refractivity contribution in [3.8, 4) is 0 Å². The third-order valence-electron chi connectivity index (χ3n) is 2.67. The molecule has 1 aliphatic rings. The summed E-state index contributed by atoms with van der Waals surface area (Å²) in [6, 6.07) is 9.63. The van der Waals surface area contributed by atoms with Crippen molar-refractivity contribution in [3.05, 3.63) is 65.1 Å². The van der Waals surface area contributed by atoms with E-state index < -0.39 is 0 Å². The smallest absolute Gasteiger partial charge is 0.264 e. The van der Waals surface area contributed by atoms with Gasteiger partial charge in [0.25, 0.3) is 5.91 Å². The minimum absolute atomic E-state index is 0.244. The molecule has 4 nitrogen and oxygen atoms in total. The van der Waals surface area contributed by atoms with Crippen LogP contribution < -0.4 is 5.32 Å². The maximum absolute atomic E-state index is 13.1. The number of rotatable bonds is 2. The lowest BCUT2D eigenvalue weighted by atomic mass is 10.2. The largest absolute Gasteiger partial charge is 0.300 e. The fourth-order valence-electron chi connectivity index (χ4n) is 1.77. The minimum atomic E-state index is -0.336. The molecule has 1 saturated heterocycles. The zero-order chi connectivity index (χ0) is 14.7. The summed E-state index contributed by atoms with van der Waals surface area (Å²) in [5.41, 5.74) is 1.29. The van der Waals surface area contributed by atoms with Crippen molar-refractivity contribution >= 4 is 34.6 Å². The lowest BCUT2D eigenvalue weighted by molar-refractivity contribution is -0.115. The summed E-state index contributed by atoms with van der Waals surface area (Å²) in [6.07, 6.45) is 4.89. The highest BCUT2D eigenvalue weighted by molar-refractivity contribution is 8.18. The van der Waals surface area contributed by atoms with Gasteiger partial charge in [-0.25, -0.2) is 9.38 Å². The topological polar surface area (TPSA) is 54.4 Å². The van der Waals surface area contributed by atoms with Crippen LogP contribution in [0.1, 0.15) is 5.56 Å². The lowest BCUT2D eigenvalue weighted by Crippen LogP contribution is -2.19. The predicted molar refractivity (Wildman–Crippen MR) is 81.4 cm³/mol. The van der Waals surface area contributed by atoms with Gasteiger partial charge in [-0.1, -0.05) is 12.1 Å². The number of nitrogens with one attached hydrogen (secondary N) is 1. The second kappa shape index (κ2) is 5.88. The molecule has 0 bridgehead atoms. The molecule has 1 aromatic carbocycles. The summed E-state index contributed by atoms with van der Waals surface area (Å²) in [6.45, 7) is 0. The average Bonchev–Trinajstić information content (AvgIpc) is 2.80. The molecule has 3 rings (SSSR count). The molecule has 0 radical (unpaired) electrons. The van der Waals surface area contributed by atoms with E-state index in [1.807, 2.05) is 0 Å². The van der Waals surface area contributed by atoms with Crippen LogP contribution in [-0.4, -0.2) is 16.1 Å². The van der Waals surface area contributed by atoms with E-state index in [1.54, 1.807) is 42.7 Å². The standard InChI is InChI=1S/C15H10FN3OS/c16-11-4-1-3-10(7-11)8-13-14(20)19-15(21-13)18-12-5-2-6-17-9-12/h1-9H,(H,18,19,20)/b13-8+. The van der Waals surface area contributed by atoms with E-state index >= 15 is 0 Å². The number of nitrogens with zero attached hydrogens (tertiary/aromatic N) is 2. The van der Waals surface area contributed by atoms with Crippen LogP contribution in [0.3, 0.4) is 0 Å². The number of carbonyl (C=O) groups is 1. The second-order valence-electron chi connectivity index (χ2n) is 4.25. The van der Waals surface area contributed by atoms with Crippen LogP contribution in [0.4, 0.5) is 10.1 Å². The van der Waals surface area contributed by atoms with E-state index in [4.69, 9.17) is 0 Å². The van der Waals surface area contributed by atoms with Gasteiger partial charge in [0, 0.05) is 6.20 Å². The Morgan fingerprint density at radius 2 is 2.19 bits per heavy atom. The van der Waals surface area contributed by atoms with Gasteiger partial charge in [-0.2, -0.15) is 0 Å². The third-order valence-corrected chi connectivity index (χ3v) is 3.58. The minimum Gasteiger partial charge on any atom is -0.300 e. The Morgan fingerprint density at radius 3 is 2.95 bits per heavy atom. The molecule has 0 aliphatic carbocycles. The molecular formula is C15H10FN3OS.